The summed E-state index contributed by atoms with van der Waals surface area (Å²) in [6, 6.07) is 16.9. The number of carbonyl (C=O) groups excluding carboxylic acids is 1. The highest BCUT2D eigenvalue weighted by atomic mass is 19.1. The van der Waals surface area contributed by atoms with E-state index in [1.807, 2.05) is 6.07 Å². The van der Waals surface area contributed by atoms with Crippen molar-refractivity contribution in [2.24, 2.45) is 5.73 Å². The van der Waals surface area contributed by atoms with Crippen LogP contribution in [0.2, 0.25) is 0 Å². The van der Waals surface area contributed by atoms with E-state index in [0.29, 0.717) is 40.6 Å². The molecular formula is C28H23FN2O5. The predicted molar refractivity (Wildman–Crippen MR) is 127 cm³/mol. The Kier molecular flexibility index (Phi) is 6.21. The number of rotatable bonds is 6. The highest BCUT2D eigenvalue weighted by Crippen LogP contribution is 2.50. The number of methoxy groups -OCH3 is 1. The van der Waals surface area contributed by atoms with Gasteiger partial charge in [0.2, 0.25) is 5.88 Å². The number of hydrogen-bond donors (Lipinski definition) is 1. The van der Waals surface area contributed by atoms with Crippen molar-refractivity contribution in [2.75, 3.05) is 7.11 Å². The first kappa shape index (κ1) is 23.2. The van der Waals surface area contributed by atoms with Crippen LogP contribution in [-0.2, 0) is 16.1 Å². The van der Waals surface area contributed by atoms with Gasteiger partial charge in [-0.2, -0.15) is 5.26 Å². The molecule has 1 aromatic heterocycles. The Balaban J connectivity index is 1.58. The predicted octanol–water partition coefficient (Wildman–Crippen LogP) is 5.21. The van der Waals surface area contributed by atoms with E-state index in [0.717, 1.165) is 5.56 Å². The number of nitrogens with two attached hydrogens (primary N) is 1. The Morgan fingerprint density at radius 1 is 1.14 bits per heavy atom. The van der Waals surface area contributed by atoms with Gasteiger partial charge >= 0.3 is 0 Å². The van der Waals surface area contributed by atoms with Crippen LogP contribution in [0.25, 0.3) is 0 Å². The summed E-state index contributed by atoms with van der Waals surface area (Å²) in [6.45, 7) is 0.123. The highest BCUT2D eigenvalue weighted by Gasteiger charge is 2.42. The van der Waals surface area contributed by atoms with Crippen molar-refractivity contribution in [3.8, 4) is 17.6 Å². The van der Waals surface area contributed by atoms with Crippen molar-refractivity contribution in [3.05, 3.63) is 106 Å². The molecule has 1 aliphatic heterocycles. The standard InChI is InChI=1S/C28H23FN2O5/c1-33-23-5-2-4-19(27(23)35-15-16-7-9-18(29)10-8-16)25-20(14-30)28(31)36-24-13-17(12-21(32)26(24)25)22-6-3-11-34-22/h2-11,17,25H,12-13,15,31H2,1H3/t17-,25+/m0/s1. The summed E-state index contributed by atoms with van der Waals surface area (Å²) in [6.07, 6.45) is 2.18. The van der Waals surface area contributed by atoms with Gasteiger partial charge in [0.15, 0.2) is 17.3 Å². The molecule has 2 aliphatic rings. The van der Waals surface area contributed by atoms with Crippen molar-refractivity contribution in [1.82, 2.24) is 0 Å². The van der Waals surface area contributed by atoms with Crippen LogP contribution in [0.3, 0.4) is 0 Å². The van der Waals surface area contributed by atoms with Gasteiger partial charge in [-0.15, -0.1) is 0 Å². The first-order chi connectivity index (χ1) is 17.5. The van der Waals surface area contributed by atoms with Crippen LogP contribution in [0.15, 0.2) is 88.1 Å². The minimum Gasteiger partial charge on any atom is -0.493 e. The molecule has 0 amide bonds. The molecule has 0 bridgehead atoms. The zero-order valence-electron chi connectivity index (χ0n) is 19.5. The molecule has 0 spiro atoms. The summed E-state index contributed by atoms with van der Waals surface area (Å²) in [5.74, 6) is 0.359. The van der Waals surface area contributed by atoms with E-state index in [-0.39, 0.29) is 42.0 Å². The van der Waals surface area contributed by atoms with E-state index in [2.05, 4.69) is 6.07 Å². The van der Waals surface area contributed by atoms with Gasteiger partial charge in [0.05, 0.1) is 19.3 Å². The van der Waals surface area contributed by atoms with Gasteiger partial charge in [-0.1, -0.05) is 24.3 Å². The summed E-state index contributed by atoms with van der Waals surface area (Å²) in [5.41, 5.74) is 7.99. The number of Topliss-reactive ketones (excluding diaryl/α,β-unsaturated/α-hetero) is 1. The maximum Gasteiger partial charge on any atom is 0.205 e. The van der Waals surface area contributed by atoms with Crippen LogP contribution >= 0.6 is 0 Å². The van der Waals surface area contributed by atoms with E-state index < -0.39 is 5.92 Å². The highest BCUT2D eigenvalue weighted by molar-refractivity contribution is 6.00. The molecular weight excluding hydrogens is 463 g/mol. The molecule has 182 valence electrons. The SMILES string of the molecule is COc1cccc([C@@H]2C(C#N)=C(N)OC3=C2C(=O)C[C@H](c2ccco2)C3)c1OCc1ccc(F)cc1. The number of ether oxygens (including phenoxy) is 3. The zero-order chi connectivity index (χ0) is 25.2. The Bertz CT molecular complexity index is 1400. The Hall–Kier alpha value is -4.51. The molecule has 0 unspecified atom stereocenters. The van der Waals surface area contributed by atoms with Gasteiger partial charge in [0.25, 0.3) is 0 Å². The van der Waals surface area contributed by atoms with Crippen molar-refractivity contribution in [2.45, 2.75) is 31.3 Å². The fraction of sp³-hybridized carbons (Fsp3) is 0.214. The molecule has 2 atom stereocenters. The van der Waals surface area contributed by atoms with Crippen molar-refractivity contribution < 1.29 is 27.8 Å². The molecule has 2 aromatic carbocycles. The number of hydrogen-bond acceptors (Lipinski definition) is 7. The second-order valence-corrected chi connectivity index (χ2v) is 8.60. The summed E-state index contributed by atoms with van der Waals surface area (Å²) in [5, 5.41) is 10.00. The minimum absolute atomic E-state index is 0.0542. The minimum atomic E-state index is -0.790. The van der Waals surface area contributed by atoms with Crippen molar-refractivity contribution in [1.29, 1.82) is 5.26 Å². The van der Waals surface area contributed by atoms with Crippen LogP contribution in [-0.4, -0.2) is 12.9 Å². The number of benzene rings is 2. The van der Waals surface area contributed by atoms with E-state index in [1.165, 1.54) is 19.2 Å². The van der Waals surface area contributed by atoms with E-state index in [1.54, 1.807) is 42.7 Å². The van der Waals surface area contributed by atoms with E-state index in [9.17, 15) is 14.4 Å². The number of allylic oxidation sites excluding steroid dienone is 3. The molecule has 36 heavy (non-hydrogen) atoms. The second-order valence-electron chi connectivity index (χ2n) is 8.60. The molecule has 1 aliphatic carbocycles. The summed E-state index contributed by atoms with van der Waals surface area (Å²) >= 11 is 0. The average Bonchev–Trinajstić information content (AvgIpc) is 3.42. The summed E-state index contributed by atoms with van der Waals surface area (Å²) < 4.78 is 36.4. The van der Waals surface area contributed by atoms with Crippen LogP contribution in [0.4, 0.5) is 4.39 Å². The van der Waals surface area contributed by atoms with Gasteiger partial charge in [-0.05, 0) is 35.9 Å². The van der Waals surface area contributed by atoms with Gasteiger partial charge in [-0.25, -0.2) is 4.39 Å². The van der Waals surface area contributed by atoms with Crippen molar-refractivity contribution >= 4 is 5.78 Å². The molecule has 0 fully saturated rings. The van der Waals surface area contributed by atoms with Crippen LogP contribution in [0.5, 0.6) is 11.5 Å². The number of furan rings is 1. The van der Waals surface area contributed by atoms with E-state index in [4.69, 9.17) is 24.4 Å². The number of halogens is 1. The lowest BCUT2D eigenvalue weighted by atomic mass is 9.74. The van der Waals surface area contributed by atoms with Gasteiger partial charge in [0.1, 0.15) is 35.6 Å². The molecule has 7 nitrogen and oxygen atoms in total. The number of nitrogens with zero attached hydrogens (tertiary/aromatic N) is 1. The Morgan fingerprint density at radius 2 is 1.94 bits per heavy atom. The number of para-hydroxylation sites is 1. The second kappa shape index (κ2) is 9.62. The maximum atomic E-state index is 13.5. The summed E-state index contributed by atoms with van der Waals surface area (Å²) in [4.78, 5) is 13.5. The maximum absolute atomic E-state index is 13.5. The van der Waals surface area contributed by atoms with Gasteiger partial charge < -0.3 is 24.4 Å². The lowest BCUT2D eigenvalue weighted by Crippen LogP contribution is -2.30. The first-order valence-electron chi connectivity index (χ1n) is 11.4. The molecule has 8 heteroatoms. The number of nitriles is 1. The third kappa shape index (κ3) is 4.20. The Labute approximate surface area is 207 Å². The smallest absolute Gasteiger partial charge is 0.205 e. The molecule has 5 rings (SSSR count). The molecule has 2 N–H and O–H groups in total. The lowest BCUT2D eigenvalue weighted by Gasteiger charge is -2.34. The fourth-order valence-electron chi connectivity index (χ4n) is 4.75. The van der Waals surface area contributed by atoms with Gasteiger partial charge in [0, 0.05) is 29.9 Å². The zero-order valence-corrected chi connectivity index (χ0v) is 19.5. The number of carbonyl (C=O) groups is 1. The normalized spacial score (nSPS) is 19.4. The molecule has 3 aromatic rings. The molecule has 0 saturated heterocycles. The monoisotopic (exact) mass is 486 g/mol. The first-order valence-corrected chi connectivity index (χ1v) is 11.4. The third-order valence-electron chi connectivity index (χ3n) is 6.44. The lowest BCUT2D eigenvalue weighted by molar-refractivity contribution is -0.117. The van der Waals surface area contributed by atoms with Crippen LogP contribution in [0.1, 0.15) is 41.6 Å². The fourth-order valence-corrected chi connectivity index (χ4v) is 4.75. The molecule has 2 heterocycles. The Morgan fingerprint density at radius 3 is 2.64 bits per heavy atom. The number of ketones is 1. The van der Waals surface area contributed by atoms with Crippen molar-refractivity contribution in [3.63, 3.8) is 0 Å². The van der Waals surface area contributed by atoms with Crippen LogP contribution < -0.4 is 15.2 Å². The van der Waals surface area contributed by atoms with E-state index >= 15 is 0 Å². The average molecular weight is 486 g/mol. The topological polar surface area (TPSA) is 108 Å². The van der Waals surface area contributed by atoms with Gasteiger partial charge in [-0.3, -0.25) is 4.79 Å². The largest absolute Gasteiger partial charge is 0.493 e. The summed E-state index contributed by atoms with van der Waals surface area (Å²) in [7, 11) is 1.51. The third-order valence-corrected chi connectivity index (χ3v) is 6.44. The molecule has 0 saturated carbocycles. The van der Waals surface area contributed by atoms with Crippen LogP contribution in [0, 0.1) is 17.1 Å². The molecule has 0 radical (unpaired) electrons. The quantitative estimate of drug-likeness (QED) is 0.509.